The number of anilines is 1. The van der Waals surface area contributed by atoms with Crippen LogP contribution in [0.1, 0.15) is 113 Å². The second-order valence-electron chi connectivity index (χ2n) is 13.9. The van der Waals surface area contributed by atoms with Gasteiger partial charge in [0.1, 0.15) is 0 Å². The number of nitrogens with two attached hydrogens (primary N) is 1. The second kappa shape index (κ2) is 12.8. The van der Waals surface area contributed by atoms with Gasteiger partial charge >= 0.3 is 6.18 Å². The number of benzene rings is 1. The van der Waals surface area contributed by atoms with Crippen LogP contribution in [0.25, 0.3) is 5.57 Å². The van der Waals surface area contributed by atoms with Gasteiger partial charge in [0.05, 0.1) is 23.0 Å². The number of halogens is 3. The summed E-state index contributed by atoms with van der Waals surface area (Å²) in [6, 6.07) is 6.49. The van der Waals surface area contributed by atoms with Crippen molar-refractivity contribution < 1.29 is 27.2 Å². The Kier molecular flexibility index (Phi) is 9.66. The lowest BCUT2D eigenvalue weighted by atomic mass is 9.71. The molecule has 6 nitrogen and oxygen atoms in total. The normalized spacial score (nSPS) is 22.9. The maximum absolute atomic E-state index is 14.1. The molecule has 238 valence electrons. The Hall–Kier alpha value is -3.62. The van der Waals surface area contributed by atoms with Gasteiger partial charge in [-0.15, -0.1) is 0 Å². The zero-order valence-corrected chi connectivity index (χ0v) is 26.2. The largest absolute Gasteiger partial charge is 0.451 e. The predicted molar refractivity (Wildman–Crippen MR) is 167 cm³/mol. The number of carbonyl (C=O) groups excluding carboxylic acids is 2. The molecule has 0 amide bonds. The van der Waals surface area contributed by atoms with E-state index in [0.29, 0.717) is 29.9 Å². The first kappa shape index (κ1) is 33.3. The van der Waals surface area contributed by atoms with Crippen molar-refractivity contribution in [3.8, 4) is 0 Å². The number of furan rings is 1. The van der Waals surface area contributed by atoms with Gasteiger partial charge in [0.25, 0.3) is 0 Å². The fourth-order valence-corrected chi connectivity index (χ4v) is 6.51. The van der Waals surface area contributed by atoms with Crippen molar-refractivity contribution in [3.05, 3.63) is 70.8 Å². The van der Waals surface area contributed by atoms with Crippen LogP contribution in [-0.4, -0.2) is 17.8 Å². The zero-order valence-electron chi connectivity index (χ0n) is 26.2. The Bertz CT molecular complexity index is 1440. The van der Waals surface area contributed by atoms with E-state index in [2.05, 4.69) is 19.2 Å². The summed E-state index contributed by atoms with van der Waals surface area (Å²) < 4.78 is 45.8. The van der Waals surface area contributed by atoms with Gasteiger partial charge in [-0.05, 0) is 66.2 Å². The summed E-state index contributed by atoms with van der Waals surface area (Å²) in [4.78, 5) is 26.6. The average Bonchev–Trinajstić information content (AvgIpc) is 3.39. The van der Waals surface area contributed by atoms with Crippen molar-refractivity contribution in [1.82, 2.24) is 0 Å². The Morgan fingerprint density at radius 1 is 1.09 bits per heavy atom. The standard InChI is InChI=1S/C35H44F3N3O3/c1-33(2,3)25-19-27(22-11-13-23(14-12-22)35(36,37)38)41-28-20-30(44-32(25)28)31(43)24-10-6-8-21(9-7-16-34(24,4)5)18-29(42)26(40)15-17-39/h11-15,17,19-21,24,27,39,41H,6-10,16,18,40H2,1-5H3/b26-15-,39-17?. The van der Waals surface area contributed by atoms with Gasteiger partial charge in [0.2, 0.25) is 5.78 Å². The summed E-state index contributed by atoms with van der Waals surface area (Å²) in [7, 11) is 0. The highest BCUT2D eigenvalue weighted by Gasteiger charge is 2.39. The maximum atomic E-state index is 14.1. The second-order valence-corrected chi connectivity index (χ2v) is 13.9. The Labute approximate surface area is 257 Å². The van der Waals surface area contributed by atoms with E-state index in [4.69, 9.17) is 15.6 Å². The quantitative estimate of drug-likeness (QED) is 0.164. The monoisotopic (exact) mass is 611 g/mol. The van der Waals surface area contributed by atoms with Crippen molar-refractivity contribution in [2.45, 2.75) is 91.8 Å². The Morgan fingerprint density at radius 2 is 1.75 bits per heavy atom. The molecule has 44 heavy (non-hydrogen) atoms. The van der Waals surface area contributed by atoms with Gasteiger partial charge in [0, 0.05) is 30.2 Å². The molecule has 0 radical (unpaired) electrons. The van der Waals surface area contributed by atoms with Gasteiger partial charge in [0.15, 0.2) is 17.3 Å². The number of fused-ring (bicyclic) bond motifs is 1. The number of carbonyl (C=O) groups is 2. The molecule has 1 aliphatic heterocycles. The van der Waals surface area contributed by atoms with E-state index < -0.39 is 11.7 Å². The number of hydrogen-bond donors (Lipinski definition) is 3. The van der Waals surface area contributed by atoms with Crippen LogP contribution in [0.2, 0.25) is 0 Å². The molecule has 3 unspecified atom stereocenters. The van der Waals surface area contributed by atoms with Gasteiger partial charge in [-0.25, -0.2) is 0 Å². The lowest BCUT2D eigenvalue weighted by molar-refractivity contribution is -0.137. The first-order valence-corrected chi connectivity index (χ1v) is 15.3. The van der Waals surface area contributed by atoms with Crippen LogP contribution in [0, 0.1) is 28.1 Å². The van der Waals surface area contributed by atoms with Crippen LogP contribution in [0.3, 0.4) is 0 Å². The van der Waals surface area contributed by atoms with E-state index in [1.54, 1.807) is 6.07 Å². The third-order valence-electron chi connectivity index (χ3n) is 9.13. The SMILES string of the molecule is CC(C)(C)C1=CC(c2ccc(C(F)(F)F)cc2)Nc2cc(C(=O)C3CCCC(CC(=O)/C(N)=C/C=N)CCCC3(C)C)oc21. The average molecular weight is 612 g/mol. The summed E-state index contributed by atoms with van der Waals surface area (Å²) in [5.41, 5.74) is 6.79. The first-order chi connectivity index (χ1) is 20.5. The number of nitrogens with one attached hydrogen (secondary N) is 2. The summed E-state index contributed by atoms with van der Waals surface area (Å²) in [5.74, 6) is 0.555. The van der Waals surface area contributed by atoms with E-state index in [1.807, 2.05) is 26.8 Å². The molecule has 9 heteroatoms. The molecule has 1 saturated carbocycles. The topological polar surface area (TPSA) is 109 Å². The highest BCUT2D eigenvalue weighted by Crippen LogP contribution is 2.47. The number of alkyl halides is 3. The molecule has 1 aromatic carbocycles. The molecule has 0 saturated heterocycles. The minimum absolute atomic E-state index is 0.0572. The fraction of sp³-hybridized carbons (Fsp3) is 0.514. The third kappa shape index (κ3) is 7.53. The van der Waals surface area contributed by atoms with Crippen molar-refractivity contribution >= 4 is 29.0 Å². The molecule has 1 fully saturated rings. The molecule has 2 heterocycles. The third-order valence-corrected chi connectivity index (χ3v) is 9.13. The van der Waals surface area contributed by atoms with Crippen molar-refractivity contribution in [1.29, 1.82) is 5.41 Å². The molecule has 3 atom stereocenters. The van der Waals surface area contributed by atoms with Gasteiger partial charge in [-0.1, -0.05) is 65.7 Å². The molecule has 4 N–H and O–H groups in total. The Morgan fingerprint density at radius 3 is 2.36 bits per heavy atom. The summed E-state index contributed by atoms with van der Waals surface area (Å²) in [6.07, 6.45) is 5.07. The van der Waals surface area contributed by atoms with Gasteiger partial charge < -0.3 is 20.9 Å². The number of rotatable bonds is 7. The van der Waals surface area contributed by atoms with E-state index in [0.717, 1.165) is 56.0 Å². The summed E-state index contributed by atoms with van der Waals surface area (Å²) >= 11 is 0. The Balaban J connectivity index is 1.57. The molecule has 2 aromatic rings. The van der Waals surface area contributed by atoms with Crippen LogP contribution in [-0.2, 0) is 11.0 Å². The van der Waals surface area contributed by atoms with E-state index in [-0.39, 0.29) is 51.7 Å². The van der Waals surface area contributed by atoms with Crippen LogP contribution >= 0.6 is 0 Å². The van der Waals surface area contributed by atoms with Gasteiger partial charge in [-0.3, -0.25) is 9.59 Å². The smallest absolute Gasteiger partial charge is 0.416 e. The lowest BCUT2D eigenvalue weighted by Crippen LogP contribution is -2.31. The van der Waals surface area contributed by atoms with Crippen LogP contribution in [0.5, 0.6) is 0 Å². The molecular weight excluding hydrogens is 567 g/mol. The van der Waals surface area contributed by atoms with Gasteiger partial charge in [-0.2, -0.15) is 13.2 Å². The fourth-order valence-electron chi connectivity index (χ4n) is 6.51. The molecule has 4 rings (SSSR count). The molecule has 0 bridgehead atoms. The minimum Gasteiger partial charge on any atom is -0.451 e. The molecule has 1 aromatic heterocycles. The van der Waals surface area contributed by atoms with E-state index in [9.17, 15) is 22.8 Å². The highest BCUT2D eigenvalue weighted by atomic mass is 19.4. The molecular formula is C35H44F3N3O3. The molecule has 1 aliphatic carbocycles. The van der Waals surface area contributed by atoms with Crippen molar-refractivity contribution in [2.24, 2.45) is 28.4 Å². The van der Waals surface area contributed by atoms with E-state index in [1.165, 1.54) is 18.2 Å². The van der Waals surface area contributed by atoms with Crippen molar-refractivity contribution in [2.75, 3.05) is 5.32 Å². The van der Waals surface area contributed by atoms with E-state index >= 15 is 0 Å². The lowest BCUT2D eigenvalue weighted by Gasteiger charge is -2.32. The highest BCUT2D eigenvalue weighted by molar-refractivity contribution is 5.98. The zero-order chi connectivity index (χ0) is 32.4. The van der Waals surface area contributed by atoms with Crippen LogP contribution < -0.4 is 11.1 Å². The molecule has 2 aliphatic rings. The first-order valence-electron chi connectivity index (χ1n) is 15.3. The summed E-state index contributed by atoms with van der Waals surface area (Å²) in [6.45, 7) is 10.4. The molecule has 0 spiro atoms. The number of hydrogen-bond acceptors (Lipinski definition) is 6. The number of Topliss-reactive ketones (excluding diaryl/α,β-unsaturated/α-hetero) is 2. The maximum Gasteiger partial charge on any atom is 0.416 e. The van der Waals surface area contributed by atoms with Crippen LogP contribution in [0.4, 0.5) is 18.9 Å². The van der Waals surface area contributed by atoms with Crippen molar-refractivity contribution in [3.63, 3.8) is 0 Å². The number of allylic oxidation sites excluding steroid dienone is 3. The predicted octanol–water partition coefficient (Wildman–Crippen LogP) is 9.14. The minimum atomic E-state index is -4.41. The number of ketones is 2. The van der Waals surface area contributed by atoms with Crippen LogP contribution in [0.15, 0.2) is 52.6 Å². The summed E-state index contributed by atoms with van der Waals surface area (Å²) in [5, 5.41) is 10.5.